The number of carbonyl (C=O) groups is 1. The van der Waals surface area contributed by atoms with Crippen LogP contribution in [0.3, 0.4) is 0 Å². The van der Waals surface area contributed by atoms with Crippen LogP contribution in [0.15, 0.2) is 53.5 Å². The maximum Gasteiger partial charge on any atom is 0.253 e. The van der Waals surface area contributed by atoms with Gasteiger partial charge in [0.1, 0.15) is 0 Å². The molecule has 6 nitrogen and oxygen atoms in total. The van der Waals surface area contributed by atoms with E-state index in [1.807, 2.05) is 18.2 Å². The fourth-order valence-corrected chi connectivity index (χ4v) is 4.01. The molecule has 0 aromatic heterocycles. The molecule has 0 bridgehead atoms. The standard InChI is InChI=1S/C26H37N5O/c1-5-27-26(28-16-15-21-8-6-9-22(18-21)25(32)30(3)4)29-23-10-7-17-31(19-23)24-13-11-20(2)12-14-24/h6,8-9,11-14,18,23H,5,7,10,15-17,19H2,1-4H3,(H2,27,28,29). The van der Waals surface area contributed by atoms with Crippen LogP contribution in [0.5, 0.6) is 0 Å². The minimum Gasteiger partial charge on any atom is -0.369 e. The van der Waals surface area contributed by atoms with Gasteiger partial charge in [0.05, 0.1) is 0 Å². The molecule has 2 aromatic carbocycles. The Bertz CT molecular complexity index is 907. The Hall–Kier alpha value is -3.02. The molecule has 0 spiro atoms. The number of benzene rings is 2. The number of anilines is 1. The summed E-state index contributed by atoms with van der Waals surface area (Å²) in [6.07, 6.45) is 3.10. The van der Waals surface area contributed by atoms with Crippen molar-refractivity contribution in [2.75, 3.05) is 45.2 Å². The van der Waals surface area contributed by atoms with E-state index in [1.165, 1.54) is 11.3 Å². The third-order valence-corrected chi connectivity index (χ3v) is 5.76. The number of nitrogens with zero attached hydrogens (tertiary/aromatic N) is 3. The van der Waals surface area contributed by atoms with Crippen LogP contribution in [-0.2, 0) is 6.42 Å². The van der Waals surface area contributed by atoms with Gasteiger partial charge in [-0.25, -0.2) is 0 Å². The zero-order valence-corrected chi connectivity index (χ0v) is 19.9. The number of hydrogen-bond donors (Lipinski definition) is 2. The molecule has 1 atom stereocenters. The van der Waals surface area contributed by atoms with Crippen LogP contribution >= 0.6 is 0 Å². The van der Waals surface area contributed by atoms with E-state index < -0.39 is 0 Å². The van der Waals surface area contributed by atoms with E-state index in [1.54, 1.807) is 19.0 Å². The summed E-state index contributed by atoms with van der Waals surface area (Å²) >= 11 is 0. The lowest BCUT2D eigenvalue weighted by atomic mass is 10.0. The molecule has 1 aliphatic heterocycles. The molecule has 1 amide bonds. The van der Waals surface area contributed by atoms with E-state index in [9.17, 15) is 4.79 Å². The molecule has 32 heavy (non-hydrogen) atoms. The third-order valence-electron chi connectivity index (χ3n) is 5.76. The second kappa shape index (κ2) is 11.6. The number of aryl methyl sites for hydroxylation is 1. The average molecular weight is 436 g/mol. The van der Waals surface area contributed by atoms with Crippen LogP contribution in [0.2, 0.25) is 0 Å². The molecule has 3 rings (SSSR count). The first-order chi connectivity index (χ1) is 15.5. The van der Waals surface area contributed by atoms with Gasteiger partial charge in [-0.2, -0.15) is 0 Å². The van der Waals surface area contributed by atoms with E-state index in [0.717, 1.165) is 56.0 Å². The van der Waals surface area contributed by atoms with Crippen LogP contribution in [0.25, 0.3) is 0 Å². The number of amides is 1. The molecule has 0 aliphatic carbocycles. The van der Waals surface area contributed by atoms with Crippen LogP contribution in [0.4, 0.5) is 5.69 Å². The molecule has 2 N–H and O–H groups in total. The fraction of sp³-hybridized carbons (Fsp3) is 0.462. The normalized spacial score (nSPS) is 16.6. The topological polar surface area (TPSA) is 60.0 Å². The Balaban J connectivity index is 1.58. The maximum atomic E-state index is 12.2. The van der Waals surface area contributed by atoms with Gasteiger partial charge in [0.25, 0.3) is 5.91 Å². The highest BCUT2D eigenvalue weighted by Crippen LogP contribution is 2.20. The van der Waals surface area contributed by atoms with E-state index in [-0.39, 0.29) is 5.91 Å². The molecule has 1 heterocycles. The monoisotopic (exact) mass is 435 g/mol. The third kappa shape index (κ3) is 6.74. The second-order valence-corrected chi connectivity index (χ2v) is 8.68. The number of hydrogen-bond acceptors (Lipinski definition) is 3. The summed E-state index contributed by atoms with van der Waals surface area (Å²) < 4.78 is 0. The molecule has 1 aliphatic rings. The smallest absolute Gasteiger partial charge is 0.253 e. The van der Waals surface area contributed by atoms with Gasteiger partial charge in [-0.05, 0) is 62.9 Å². The van der Waals surface area contributed by atoms with Gasteiger partial charge >= 0.3 is 0 Å². The van der Waals surface area contributed by atoms with E-state index in [4.69, 9.17) is 4.99 Å². The van der Waals surface area contributed by atoms with Crippen molar-refractivity contribution in [1.82, 2.24) is 15.5 Å². The molecule has 0 radical (unpaired) electrons. The van der Waals surface area contributed by atoms with Crippen molar-refractivity contribution in [3.05, 3.63) is 65.2 Å². The van der Waals surface area contributed by atoms with Gasteiger partial charge in [-0.15, -0.1) is 0 Å². The number of carbonyl (C=O) groups excluding carboxylic acids is 1. The number of aliphatic imine (C=N–C) groups is 1. The first kappa shape index (κ1) is 23.6. The molecule has 1 saturated heterocycles. The summed E-state index contributed by atoms with van der Waals surface area (Å²) in [7, 11) is 3.55. The van der Waals surface area contributed by atoms with Crippen molar-refractivity contribution in [2.24, 2.45) is 4.99 Å². The maximum absolute atomic E-state index is 12.2. The van der Waals surface area contributed by atoms with Crippen LogP contribution in [0, 0.1) is 6.92 Å². The first-order valence-corrected chi connectivity index (χ1v) is 11.6. The van der Waals surface area contributed by atoms with Crippen molar-refractivity contribution < 1.29 is 4.79 Å². The van der Waals surface area contributed by atoms with Gasteiger partial charge < -0.3 is 20.4 Å². The molecular weight excluding hydrogens is 398 g/mol. The van der Waals surface area contributed by atoms with Crippen molar-refractivity contribution in [3.8, 4) is 0 Å². The number of rotatable bonds is 7. The van der Waals surface area contributed by atoms with Crippen molar-refractivity contribution >= 4 is 17.6 Å². The molecule has 2 aromatic rings. The fourth-order valence-electron chi connectivity index (χ4n) is 4.01. The quantitative estimate of drug-likeness (QED) is 0.517. The highest BCUT2D eigenvalue weighted by molar-refractivity contribution is 5.94. The lowest BCUT2D eigenvalue weighted by Gasteiger charge is -2.35. The predicted octanol–water partition coefficient (Wildman–Crippen LogP) is 3.46. The van der Waals surface area contributed by atoms with Gasteiger partial charge in [0, 0.05) is 57.6 Å². The summed E-state index contributed by atoms with van der Waals surface area (Å²) in [5, 5.41) is 7.02. The average Bonchev–Trinajstić information content (AvgIpc) is 2.79. The molecular formula is C26H37N5O. The molecule has 6 heteroatoms. The summed E-state index contributed by atoms with van der Waals surface area (Å²) in [5.41, 5.74) is 4.43. The largest absolute Gasteiger partial charge is 0.369 e. The van der Waals surface area contributed by atoms with Gasteiger partial charge in [-0.1, -0.05) is 29.8 Å². The zero-order chi connectivity index (χ0) is 22.9. The summed E-state index contributed by atoms with van der Waals surface area (Å²) in [6, 6.07) is 17.0. The summed E-state index contributed by atoms with van der Waals surface area (Å²) in [6.45, 7) is 7.78. The Kier molecular flexibility index (Phi) is 8.54. The van der Waals surface area contributed by atoms with Crippen LogP contribution < -0.4 is 15.5 Å². The number of nitrogens with one attached hydrogen (secondary N) is 2. The lowest BCUT2D eigenvalue weighted by Crippen LogP contribution is -2.51. The minimum atomic E-state index is 0.0285. The van der Waals surface area contributed by atoms with E-state index in [2.05, 4.69) is 59.7 Å². The highest BCUT2D eigenvalue weighted by Gasteiger charge is 2.21. The van der Waals surface area contributed by atoms with Crippen LogP contribution in [-0.4, -0.2) is 63.1 Å². The van der Waals surface area contributed by atoms with Gasteiger partial charge in [-0.3, -0.25) is 9.79 Å². The van der Waals surface area contributed by atoms with E-state index in [0.29, 0.717) is 12.6 Å². The van der Waals surface area contributed by atoms with Crippen LogP contribution in [0.1, 0.15) is 41.3 Å². The number of guanidine groups is 1. The Morgan fingerprint density at radius 2 is 1.97 bits per heavy atom. The molecule has 1 unspecified atom stereocenters. The Morgan fingerprint density at radius 1 is 1.19 bits per heavy atom. The number of piperidine rings is 1. The minimum absolute atomic E-state index is 0.0285. The molecule has 1 fully saturated rings. The summed E-state index contributed by atoms with van der Waals surface area (Å²) in [4.78, 5) is 21.1. The van der Waals surface area contributed by atoms with Gasteiger partial charge in [0.2, 0.25) is 0 Å². The highest BCUT2D eigenvalue weighted by atomic mass is 16.2. The summed E-state index contributed by atoms with van der Waals surface area (Å²) in [5.74, 6) is 0.893. The van der Waals surface area contributed by atoms with Crippen molar-refractivity contribution in [3.63, 3.8) is 0 Å². The lowest BCUT2D eigenvalue weighted by molar-refractivity contribution is 0.0827. The second-order valence-electron chi connectivity index (χ2n) is 8.68. The molecule has 172 valence electrons. The van der Waals surface area contributed by atoms with Crippen molar-refractivity contribution in [1.29, 1.82) is 0 Å². The zero-order valence-electron chi connectivity index (χ0n) is 19.9. The predicted molar refractivity (Wildman–Crippen MR) is 134 cm³/mol. The Labute approximate surface area is 192 Å². The molecule has 0 saturated carbocycles. The SMILES string of the molecule is CCNC(=NCCc1cccc(C(=O)N(C)C)c1)NC1CCCN(c2ccc(C)cc2)C1. The van der Waals surface area contributed by atoms with E-state index >= 15 is 0 Å². The Morgan fingerprint density at radius 3 is 2.69 bits per heavy atom. The van der Waals surface area contributed by atoms with Gasteiger partial charge in [0.15, 0.2) is 5.96 Å². The first-order valence-electron chi connectivity index (χ1n) is 11.6. The van der Waals surface area contributed by atoms with Crippen molar-refractivity contribution in [2.45, 2.75) is 39.2 Å².